The fourth-order valence-corrected chi connectivity index (χ4v) is 1.84. The van der Waals surface area contributed by atoms with Gasteiger partial charge in [-0.05, 0) is 31.9 Å². The van der Waals surface area contributed by atoms with Crippen molar-refractivity contribution in [3.8, 4) is 0 Å². The molecular formula is C12H20N4O. The number of anilines is 1. The zero-order valence-corrected chi connectivity index (χ0v) is 10.6. The van der Waals surface area contributed by atoms with E-state index in [1.807, 2.05) is 31.9 Å². The van der Waals surface area contributed by atoms with Crippen LogP contribution in [0.1, 0.15) is 23.2 Å². The number of aliphatic hydroxyl groups is 1. The smallest absolute Gasteiger partial charge is 0.139 e. The lowest BCUT2D eigenvalue weighted by atomic mass is 10.1. The second-order valence-electron chi connectivity index (χ2n) is 4.19. The first kappa shape index (κ1) is 13.4. The van der Waals surface area contributed by atoms with Gasteiger partial charge in [0, 0.05) is 25.9 Å². The number of nitrogens with two attached hydrogens (primary N) is 1. The Labute approximate surface area is 102 Å². The Bertz CT molecular complexity index is 417. The van der Waals surface area contributed by atoms with Crippen molar-refractivity contribution in [3.05, 3.63) is 22.9 Å². The van der Waals surface area contributed by atoms with Gasteiger partial charge in [-0.25, -0.2) is 4.98 Å². The number of amidine groups is 1. The number of hydrogen-bond donors (Lipinski definition) is 3. The third kappa shape index (κ3) is 3.17. The normalized spacial score (nSPS) is 10.4. The lowest BCUT2D eigenvalue weighted by molar-refractivity contribution is 0.290. The first-order valence-corrected chi connectivity index (χ1v) is 5.62. The first-order chi connectivity index (χ1) is 7.97. The standard InChI is InChI=1S/C12H20N4O/c1-8-7-9(2)15-12(10(8)11(13)14)16(3)5-4-6-17/h7,17H,4-6H2,1-3H3,(H3,13,14). The van der Waals surface area contributed by atoms with Crippen molar-refractivity contribution in [1.82, 2.24) is 4.98 Å². The van der Waals surface area contributed by atoms with Crippen LogP contribution in [0.4, 0.5) is 5.82 Å². The molecule has 5 nitrogen and oxygen atoms in total. The summed E-state index contributed by atoms with van der Waals surface area (Å²) in [6, 6.07) is 1.92. The van der Waals surface area contributed by atoms with E-state index in [9.17, 15) is 0 Å². The number of aromatic nitrogens is 1. The summed E-state index contributed by atoms with van der Waals surface area (Å²) in [4.78, 5) is 6.36. The number of pyridine rings is 1. The molecule has 0 saturated heterocycles. The molecule has 0 aliphatic carbocycles. The molecule has 0 spiro atoms. The van der Waals surface area contributed by atoms with E-state index in [4.69, 9.17) is 16.2 Å². The average Bonchev–Trinajstić information content (AvgIpc) is 2.23. The zero-order valence-electron chi connectivity index (χ0n) is 10.6. The number of rotatable bonds is 5. The van der Waals surface area contributed by atoms with Crippen LogP contribution in [-0.2, 0) is 0 Å². The summed E-state index contributed by atoms with van der Waals surface area (Å²) >= 11 is 0. The highest BCUT2D eigenvalue weighted by Crippen LogP contribution is 2.21. The first-order valence-electron chi connectivity index (χ1n) is 5.62. The molecule has 0 fully saturated rings. The van der Waals surface area contributed by atoms with Gasteiger partial charge >= 0.3 is 0 Å². The SMILES string of the molecule is Cc1cc(C)c(C(=N)N)c(N(C)CCCO)n1. The minimum absolute atomic E-state index is 0.0286. The van der Waals surface area contributed by atoms with Crippen LogP contribution < -0.4 is 10.6 Å². The highest BCUT2D eigenvalue weighted by molar-refractivity contribution is 6.01. The molecular weight excluding hydrogens is 216 g/mol. The lowest BCUT2D eigenvalue weighted by Gasteiger charge is -2.22. The predicted octanol–water partition coefficient (Wildman–Crippen LogP) is 0.801. The number of nitrogens with one attached hydrogen (secondary N) is 1. The van der Waals surface area contributed by atoms with Crippen LogP contribution in [-0.4, -0.2) is 36.1 Å². The molecule has 0 aliphatic heterocycles. The third-order valence-corrected chi connectivity index (χ3v) is 2.61. The number of aliphatic hydroxyl groups excluding tert-OH is 1. The van der Waals surface area contributed by atoms with Crippen molar-refractivity contribution in [2.75, 3.05) is 25.1 Å². The highest BCUT2D eigenvalue weighted by atomic mass is 16.3. The summed E-state index contributed by atoms with van der Waals surface area (Å²) in [6.07, 6.45) is 0.669. The van der Waals surface area contributed by atoms with Gasteiger partial charge in [0.15, 0.2) is 0 Å². The summed E-state index contributed by atoms with van der Waals surface area (Å²) in [5.74, 6) is 0.740. The third-order valence-electron chi connectivity index (χ3n) is 2.61. The Kier molecular flexibility index (Phi) is 4.45. The maximum atomic E-state index is 8.84. The molecule has 0 amide bonds. The molecule has 5 heteroatoms. The molecule has 1 aromatic heterocycles. The number of aryl methyl sites for hydroxylation is 2. The van der Waals surface area contributed by atoms with E-state index in [0.717, 1.165) is 11.3 Å². The maximum absolute atomic E-state index is 8.84. The Morgan fingerprint density at radius 2 is 2.18 bits per heavy atom. The Morgan fingerprint density at radius 1 is 1.53 bits per heavy atom. The van der Waals surface area contributed by atoms with Crippen LogP contribution in [0.5, 0.6) is 0 Å². The summed E-state index contributed by atoms with van der Waals surface area (Å²) in [6.45, 7) is 4.67. The van der Waals surface area contributed by atoms with E-state index in [-0.39, 0.29) is 12.4 Å². The predicted molar refractivity (Wildman–Crippen MR) is 69.7 cm³/mol. The molecule has 0 atom stereocenters. The van der Waals surface area contributed by atoms with Crippen LogP contribution in [0.2, 0.25) is 0 Å². The molecule has 0 aliphatic rings. The van der Waals surface area contributed by atoms with Gasteiger partial charge in [0.25, 0.3) is 0 Å². The van der Waals surface area contributed by atoms with Gasteiger partial charge in [0.05, 0.1) is 5.56 Å². The van der Waals surface area contributed by atoms with Crippen molar-refractivity contribution in [2.45, 2.75) is 20.3 Å². The molecule has 1 rings (SSSR count). The number of nitrogen functional groups attached to an aromatic ring is 1. The minimum atomic E-state index is 0.0286. The van der Waals surface area contributed by atoms with Gasteiger partial charge in [0.1, 0.15) is 11.7 Å². The van der Waals surface area contributed by atoms with Crippen molar-refractivity contribution < 1.29 is 5.11 Å². The van der Waals surface area contributed by atoms with Gasteiger partial charge in [-0.1, -0.05) is 0 Å². The van der Waals surface area contributed by atoms with Crippen LogP contribution >= 0.6 is 0 Å². The van der Waals surface area contributed by atoms with Gasteiger partial charge in [-0.3, -0.25) is 5.41 Å². The molecule has 0 aromatic carbocycles. The molecule has 0 saturated carbocycles. The molecule has 1 aromatic rings. The van der Waals surface area contributed by atoms with Gasteiger partial charge in [-0.15, -0.1) is 0 Å². The second kappa shape index (κ2) is 5.63. The van der Waals surface area contributed by atoms with Gasteiger partial charge < -0.3 is 15.7 Å². The van der Waals surface area contributed by atoms with E-state index in [1.54, 1.807) is 0 Å². The van der Waals surface area contributed by atoms with Crippen molar-refractivity contribution in [1.29, 1.82) is 5.41 Å². The molecule has 0 bridgehead atoms. The summed E-state index contributed by atoms with van der Waals surface area (Å²) < 4.78 is 0. The van der Waals surface area contributed by atoms with E-state index < -0.39 is 0 Å². The summed E-state index contributed by atoms with van der Waals surface area (Å²) in [7, 11) is 1.89. The second-order valence-corrected chi connectivity index (χ2v) is 4.19. The molecule has 17 heavy (non-hydrogen) atoms. The Balaban J connectivity index is 3.15. The van der Waals surface area contributed by atoms with Gasteiger partial charge in [0.2, 0.25) is 0 Å². The van der Waals surface area contributed by atoms with E-state index >= 15 is 0 Å². The quantitative estimate of drug-likeness (QED) is 0.521. The Morgan fingerprint density at radius 3 is 2.71 bits per heavy atom. The van der Waals surface area contributed by atoms with Crippen molar-refractivity contribution in [3.63, 3.8) is 0 Å². The molecule has 0 unspecified atom stereocenters. The maximum Gasteiger partial charge on any atom is 0.139 e. The van der Waals surface area contributed by atoms with E-state index in [2.05, 4.69) is 4.98 Å². The number of hydrogen-bond acceptors (Lipinski definition) is 4. The fourth-order valence-electron chi connectivity index (χ4n) is 1.84. The number of nitrogens with zero attached hydrogens (tertiary/aromatic N) is 2. The molecule has 4 N–H and O–H groups in total. The van der Waals surface area contributed by atoms with Crippen molar-refractivity contribution >= 4 is 11.7 Å². The molecule has 1 heterocycles. The Hall–Kier alpha value is -1.62. The van der Waals surface area contributed by atoms with E-state index in [0.29, 0.717) is 24.3 Å². The van der Waals surface area contributed by atoms with Crippen LogP contribution in [0.25, 0.3) is 0 Å². The largest absolute Gasteiger partial charge is 0.396 e. The average molecular weight is 236 g/mol. The molecule has 0 radical (unpaired) electrons. The topological polar surface area (TPSA) is 86.2 Å². The van der Waals surface area contributed by atoms with Crippen LogP contribution in [0, 0.1) is 19.3 Å². The summed E-state index contributed by atoms with van der Waals surface area (Å²) in [5, 5.41) is 16.5. The van der Waals surface area contributed by atoms with Crippen LogP contribution in [0.3, 0.4) is 0 Å². The monoisotopic (exact) mass is 236 g/mol. The van der Waals surface area contributed by atoms with E-state index in [1.165, 1.54) is 0 Å². The summed E-state index contributed by atoms with van der Waals surface area (Å²) in [5.41, 5.74) is 8.13. The van der Waals surface area contributed by atoms with Crippen molar-refractivity contribution in [2.24, 2.45) is 5.73 Å². The van der Waals surface area contributed by atoms with Gasteiger partial charge in [-0.2, -0.15) is 0 Å². The molecule has 94 valence electrons. The fraction of sp³-hybridized carbons (Fsp3) is 0.500. The highest BCUT2D eigenvalue weighted by Gasteiger charge is 2.14. The zero-order chi connectivity index (χ0) is 13.0. The lowest BCUT2D eigenvalue weighted by Crippen LogP contribution is -2.26. The minimum Gasteiger partial charge on any atom is -0.396 e. The van der Waals surface area contributed by atoms with Crippen LogP contribution in [0.15, 0.2) is 6.07 Å².